The van der Waals surface area contributed by atoms with Gasteiger partial charge in [0.15, 0.2) is 0 Å². The Bertz CT molecular complexity index is 545. The fourth-order valence-electron chi connectivity index (χ4n) is 3.75. The van der Waals surface area contributed by atoms with Gasteiger partial charge < -0.3 is 20.1 Å². The number of carbonyl (C=O) groups is 2. The maximum Gasteiger partial charge on any atom is 0.317 e. The molecular weight excluding hydrogens is 294 g/mol. The van der Waals surface area contributed by atoms with Gasteiger partial charge in [0.25, 0.3) is 0 Å². The van der Waals surface area contributed by atoms with Crippen LogP contribution in [0.15, 0.2) is 12.5 Å². The second kappa shape index (κ2) is 7.02. The number of aromatic amines is 1. The molecule has 0 aromatic carbocycles. The normalized spacial score (nSPS) is 24.5. The number of imidazole rings is 1. The molecule has 3 amide bonds. The smallest absolute Gasteiger partial charge is 0.317 e. The summed E-state index contributed by atoms with van der Waals surface area (Å²) >= 11 is 0. The molecule has 126 valence electrons. The van der Waals surface area contributed by atoms with E-state index in [1.807, 2.05) is 22.9 Å². The Hall–Kier alpha value is -2.05. The van der Waals surface area contributed by atoms with Gasteiger partial charge in [-0.3, -0.25) is 4.79 Å². The van der Waals surface area contributed by atoms with Gasteiger partial charge in [0.1, 0.15) is 0 Å². The van der Waals surface area contributed by atoms with Crippen molar-refractivity contribution in [3.05, 3.63) is 18.2 Å². The number of urea groups is 1. The molecule has 7 heteroatoms. The lowest BCUT2D eigenvalue weighted by atomic mass is 9.83. The highest BCUT2D eigenvalue weighted by Gasteiger charge is 2.40. The van der Waals surface area contributed by atoms with Crippen molar-refractivity contribution in [1.82, 2.24) is 25.1 Å². The van der Waals surface area contributed by atoms with Crippen molar-refractivity contribution in [2.75, 3.05) is 26.2 Å². The van der Waals surface area contributed by atoms with Gasteiger partial charge in [-0.15, -0.1) is 0 Å². The van der Waals surface area contributed by atoms with Crippen LogP contribution in [0.2, 0.25) is 0 Å². The first-order valence-electron chi connectivity index (χ1n) is 8.48. The van der Waals surface area contributed by atoms with Gasteiger partial charge in [0, 0.05) is 57.0 Å². The molecule has 2 aliphatic heterocycles. The first kappa shape index (κ1) is 15.8. The highest BCUT2D eigenvalue weighted by molar-refractivity contribution is 5.78. The number of likely N-dealkylation sites (tertiary alicyclic amines) is 2. The van der Waals surface area contributed by atoms with Crippen molar-refractivity contribution in [3.8, 4) is 0 Å². The highest BCUT2D eigenvalue weighted by Crippen LogP contribution is 2.31. The van der Waals surface area contributed by atoms with Crippen LogP contribution in [0.25, 0.3) is 0 Å². The highest BCUT2D eigenvalue weighted by atomic mass is 16.2. The molecule has 0 radical (unpaired) electrons. The van der Waals surface area contributed by atoms with Gasteiger partial charge in [-0.05, 0) is 25.7 Å². The van der Waals surface area contributed by atoms with Crippen LogP contribution in [0.1, 0.15) is 31.9 Å². The molecule has 0 bridgehead atoms. The quantitative estimate of drug-likeness (QED) is 0.868. The van der Waals surface area contributed by atoms with Crippen molar-refractivity contribution >= 4 is 11.9 Å². The molecule has 7 nitrogen and oxygen atoms in total. The Labute approximate surface area is 136 Å². The minimum absolute atomic E-state index is 0.0202. The molecule has 23 heavy (non-hydrogen) atoms. The zero-order chi connectivity index (χ0) is 16.2. The van der Waals surface area contributed by atoms with Crippen LogP contribution < -0.4 is 5.32 Å². The van der Waals surface area contributed by atoms with Crippen molar-refractivity contribution in [2.45, 2.75) is 38.6 Å². The first-order chi connectivity index (χ1) is 11.2. The third-order valence-corrected chi connectivity index (χ3v) is 4.94. The summed E-state index contributed by atoms with van der Waals surface area (Å²) in [5, 5.41) is 2.87. The number of aromatic nitrogens is 2. The van der Waals surface area contributed by atoms with E-state index in [1.165, 1.54) is 0 Å². The number of H-pyrrole nitrogens is 1. The number of hydrogen-bond acceptors (Lipinski definition) is 3. The maximum absolute atomic E-state index is 12.3. The fourth-order valence-corrected chi connectivity index (χ4v) is 3.75. The molecule has 0 spiro atoms. The van der Waals surface area contributed by atoms with Gasteiger partial charge in [0.2, 0.25) is 5.91 Å². The number of nitrogens with zero attached hydrogens (tertiary/aromatic N) is 3. The number of hydrogen-bond donors (Lipinski definition) is 2. The Morgan fingerprint density at radius 1 is 1.48 bits per heavy atom. The number of nitrogens with one attached hydrogen (secondary N) is 2. The van der Waals surface area contributed by atoms with E-state index in [-0.39, 0.29) is 18.0 Å². The third-order valence-electron chi connectivity index (χ3n) is 4.94. The SMILES string of the molecule is CCNC(=O)N1CC[C@@H]2[C@@H](CCC(=O)N2CCc2cnc[nH]2)C1. The van der Waals surface area contributed by atoms with Crippen molar-refractivity contribution in [1.29, 1.82) is 0 Å². The van der Waals surface area contributed by atoms with Gasteiger partial charge in [-0.1, -0.05) is 0 Å². The maximum atomic E-state index is 12.3. The Morgan fingerprint density at radius 3 is 3.09 bits per heavy atom. The average Bonchev–Trinajstić information content (AvgIpc) is 3.07. The van der Waals surface area contributed by atoms with Crippen molar-refractivity contribution in [2.24, 2.45) is 5.92 Å². The predicted octanol–water partition coefficient (Wildman–Crippen LogP) is 0.995. The van der Waals surface area contributed by atoms with Crippen LogP contribution in [0.4, 0.5) is 4.79 Å². The molecule has 2 N–H and O–H groups in total. The van der Waals surface area contributed by atoms with E-state index in [1.54, 1.807) is 6.33 Å². The van der Waals surface area contributed by atoms with Crippen LogP contribution in [0.5, 0.6) is 0 Å². The molecule has 2 aliphatic rings. The molecule has 1 aromatic heterocycles. The molecule has 0 unspecified atom stereocenters. The van der Waals surface area contributed by atoms with Crippen LogP contribution in [0.3, 0.4) is 0 Å². The van der Waals surface area contributed by atoms with Gasteiger partial charge >= 0.3 is 6.03 Å². The zero-order valence-electron chi connectivity index (χ0n) is 13.6. The molecule has 2 atom stereocenters. The standard InChI is InChI=1S/C16H25N5O2/c1-2-18-16(23)20-7-6-14-12(10-20)3-4-15(22)21(14)8-5-13-9-17-11-19-13/h9,11-12,14H,2-8,10H2,1H3,(H,17,19)(H,18,23)/t12-,14+/m0/s1. The van der Waals surface area contributed by atoms with E-state index in [2.05, 4.69) is 15.3 Å². The Morgan fingerprint density at radius 2 is 2.35 bits per heavy atom. The van der Waals surface area contributed by atoms with E-state index in [0.29, 0.717) is 18.9 Å². The second-order valence-corrected chi connectivity index (χ2v) is 6.35. The molecule has 3 heterocycles. The second-order valence-electron chi connectivity index (χ2n) is 6.35. The summed E-state index contributed by atoms with van der Waals surface area (Å²) in [5.41, 5.74) is 1.06. The topological polar surface area (TPSA) is 81.3 Å². The number of rotatable bonds is 4. The predicted molar refractivity (Wildman–Crippen MR) is 85.8 cm³/mol. The lowest BCUT2D eigenvalue weighted by Crippen LogP contribution is -2.58. The van der Waals surface area contributed by atoms with E-state index >= 15 is 0 Å². The number of fused-ring (bicyclic) bond motifs is 1. The number of piperidine rings is 2. The molecule has 1 aromatic rings. The van der Waals surface area contributed by atoms with Crippen molar-refractivity contribution in [3.63, 3.8) is 0 Å². The monoisotopic (exact) mass is 319 g/mol. The van der Waals surface area contributed by atoms with Gasteiger partial charge in [0.05, 0.1) is 6.33 Å². The Balaban J connectivity index is 1.61. The summed E-state index contributed by atoms with van der Waals surface area (Å²) in [6, 6.07) is 0.289. The number of carbonyl (C=O) groups excluding carboxylic acids is 2. The lowest BCUT2D eigenvalue weighted by Gasteiger charge is -2.47. The summed E-state index contributed by atoms with van der Waals surface area (Å²) in [4.78, 5) is 35.4. The van der Waals surface area contributed by atoms with E-state index in [4.69, 9.17) is 0 Å². The van der Waals surface area contributed by atoms with Crippen LogP contribution in [0, 0.1) is 5.92 Å². The average molecular weight is 319 g/mol. The Kier molecular flexibility index (Phi) is 4.83. The largest absolute Gasteiger partial charge is 0.348 e. The minimum Gasteiger partial charge on any atom is -0.348 e. The van der Waals surface area contributed by atoms with Crippen LogP contribution >= 0.6 is 0 Å². The third kappa shape index (κ3) is 3.48. The molecule has 2 fully saturated rings. The summed E-state index contributed by atoms with van der Waals surface area (Å²) in [7, 11) is 0. The lowest BCUT2D eigenvalue weighted by molar-refractivity contribution is -0.140. The summed E-state index contributed by atoms with van der Waals surface area (Å²) in [6.45, 7) is 4.79. The van der Waals surface area contributed by atoms with E-state index in [9.17, 15) is 9.59 Å². The molecule has 2 saturated heterocycles. The summed E-state index contributed by atoms with van der Waals surface area (Å²) in [5.74, 6) is 0.642. The summed E-state index contributed by atoms with van der Waals surface area (Å²) in [6.07, 6.45) is 6.63. The zero-order valence-corrected chi connectivity index (χ0v) is 13.6. The molecule has 0 aliphatic carbocycles. The minimum atomic E-state index is 0.0202. The summed E-state index contributed by atoms with van der Waals surface area (Å²) < 4.78 is 0. The molecule has 0 saturated carbocycles. The number of amides is 3. The van der Waals surface area contributed by atoms with Crippen molar-refractivity contribution < 1.29 is 9.59 Å². The first-order valence-corrected chi connectivity index (χ1v) is 8.48. The fraction of sp³-hybridized carbons (Fsp3) is 0.688. The van der Waals surface area contributed by atoms with E-state index in [0.717, 1.165) is 44.6 Å². The van der Waals surface area contributed by atoms with E-state index < -0.39 is 0 Å². The van der Waals surface area contributed by atoms with Gasteiger partial charge in [-0.25, -0.2) is 9.78 Å². The molecule has 3 rings (SSSR count). The van der Waals surface area contributed by atoms with Crippen LogP contribution in [-0.4, -0.2) is 63.9 Å². The van der Waals surface area contributed by atoms with Crippen LogP contribution in [-0.2, 0) is 11.2 Å². The van der Waals surface area contributed by atoms with Gasteiger partial charge in [-0.2, -0.15) is 0 Å². The molecular formula is C16H25N5O2.